The first kappa shape index (κ1) is 12.5. The lowest BCUT2D eigenvalue weighted by atomic mass is 10.2. The van der Waals surface area contributed by atoms with Crippen LogP contribution in [0.2, 0.25) is 0 Å². The van der Waals surface area contributed by atoms with Gasteiger partial charge in [0.25, 0.3) is 0 Å². The molecule has 17 heavy (non-hydrogen) atoms. The second-order valence-corrected chi connectivity index (χ2v) is 5.14. The van der Waals surface area contributed by atoms with Crippen LogP contribution in [0.3, 0.4) is 0 Å². The Morgan fingerprint density at radius 2 is 2.12 bits per heavy atom. The Morgan fingerprint density at radius 3 is 2.76 bits per heavy atom. The van der Waals surface area contributed by atoms with E-state index in [0.29, 0.717) is 6.04 Å². The first-order valence-electron chi connectivity index (χ1n) is 6.50. The largest absolute Gasteiger partial charge is 0.314 e. The highest BCUT2D eigenvalue weighted by molar-refractivity contribution is 5.11. The molecule has 0 bridgehead atoms. The highest BCUT2D eigenvalue weighted by Gasteiger charge is 2.30. The van der Waals surface area contributed by atoms with E-state index < -0.39 is 0 Å². The molecule has 1 N–H and O–H groups in total. The highest BCUT2D eigenvalue weighted by Crippen LogP contribution is 2.34. The predicted octanol–water partition coefficient (Wildman–Crippen LogP) is 2.03. The molecule has 1 unspecified atom stereocenters. The van der Waals surface area contributed by atoms with E-state index in [4.69, 9.17) is 0 Å². The van der Waals surface area contributed by atoms with Gasteiger partial charge in [-0.15, -0.1) is 0 Å². The summed E-state index contributed by atoms with van der Waals surface area (Å²) in [7, 11) is 4.16. The molecule has 1 aliphatic carbocycles. The minimum atomic E-state index is 0.685. The van der Waals surface area contributed by atoms with Crippen LogP contribution in [0.15, 0.2) is 18.2 Å². The molecular weight excluding hydrogens is 210 g/mol. The van der Waals surface area contributed by atoms with Crippen LogP contribution >= 0.6 is 0 Å². The number of hydrogen-bond donors (Lipinski definition) is 1. The van der Waals surface area contributed by atoms with Gasteiger partial charge in [-0.25, -0.2) is 0 Å². The highest BCUT2D eigenvalue weighted by atomic mass is 15.1. The van der Waals surface area contributed by atoms with Gasteiger partial charge in [0.2, 0.25) is 0 Å². The third kappa shape index (κ3) is 3.51. The molecule has 3 nitrogen and oxygen atoms in total. The fraction of sp³-hybridized carbons (Fsp3) is 0.643. The molecule has 3 heteroatoms. The van der Waals surface area contributed by atoms with Gasteiger partial charge < -0.3 is 5.32 Å². The molecule has 1 aromatic rings. The van der Waals surface area contributed by atoms with Crippen LogP contribution in [-0.4, -0.2) is 30.0 Å². The van der Waals surface area contributed by atoms with Gasteiger partial charge in [-0.3, -0.25) is 9.88 Å². The maximum atomic E-state index is 4.66. The van der Waals surface area contributed by atoms with Gasteiger partial charge in [0, 0.05) is 19.1 Å². The number of nitrogens with one attached hydrogen (secondary N) is 1. The first-order valence-corrected chi connectivity index (χ1v) is 6.50. The van der Waals surface area contributed by atoms with E-state index in [-0.39, 0.29) is 0 Å². The molecule has 0 amide bonds. The number of hydrogen-bond acceptors (Lipinski definition) is 3. The molecule has 0 saturated heterocycles. The summed E-state index contributed by atoms with van der Waals surface area (Å²) < 4.78 is 0. The van der Waals surface area contributed by atoms with E-state index in [1.165, 1.54) is 18.5 Å². The number of aromatic nitrogens is 1. The van der Waals surface area contributed by atoms with E-state index in [1.807, 2.05) is 7.05 Å². The molecule has 1 aliphatic rings. The Morgan fingerprint density at radius 1 is 1.41 bits per heavy atom. The lowest BCUT2D eigenvalue weighted by Gasteiger charge is -2.24. The number of rotatable bonds is 6. The van der Waals surface area contributed by atoms with Crippen molar-refractivity contribution in [3.05, 3.63) is 29.6 Å². The van der Waals surface area contributed by atoms with Crippen molar-refractivity contribution < 1.29 is 0 Å². The van der Waals surface area contributed by atoms with E-state index in [9.17, 15) is 0 Å². The van der Waals surface area contributed by atoms with E-state index in [2.05, 4.69) is 47.4 Å². The van der Waals surface area contributed by atoms with Gasteiger partial charge in [-0.05, 0) is 51.9 Å². The van der Waals surface area contributed by atoms with Gasteiger partial charge in [-0.1, -0.05) is 6.07 Å². The SMILES string of the molecule is CNCc1cccc(CN(C)C(C)C2CC2)n1. The van der Waals surface area contributed by atoms with Gasteiger partial charge >= 0.3 is 0 Å². The second-order valence-electron chi connectivity index (χ2n) is 5.14. The van der Waals surface area contributed by atoms with Crippen molar-refractivity contribution in [3.8, 4) is 0 Å². The fourth-order valence-corrected chi connectivity index (χ4v) is 2.23. The molecule has 94 valence electrons. The molecule has 1 fully saturated rings. The average Bonchev–Trinajstić information content (AvgIpc) is 3.13. The molecule has 1 heterocycles. The maximum absolute atomic E-state index is 4.66. The summed E-state index contributed by atoms with van der Waals surface area (Å²) in [4.78, 5) is 7.08. The molecule has 1 aromatic heterocycles. The second kappa shape index (κ2) is 5.61. The van der Waals surface area contributed by atoms with Crippen LogP contribution in [0, 0.1) is 5.92 Å². The lowest BCUT2D eigenvalue weighted by molar-refractivity contribution is 0.224. The Kier molecular flexibility index (Phi) is 4.13. The Balaban J connectivity index is 1.94. The fourth-order valence-electron chi connectivity index (χ4n) is 2.23. The smallest absolute Gasteiger partial charge is 0.0547 e. The molecule has 0 spiro atoms. The minimum Gasteiger partial charge on any atom is -0.314 e. The standard InChI is InChI=1S/C14H23N3/c1-11(12-7-8-12)17(3)10-14-6-4-5-13(16-14)9-15-2/h4-6,11-12,15H,7-10H2,1-3H3. The first-order chi connectivity index (χ1) is 8.20. The number of pyridine rings is 1. The zero-order valence-electron chi connectivity index (χ0n) is 11.1. The summed E-state index contributed by atoms with van der Waals surface area (Å²) in [5, 5.41) is 3.14. The summed E-state index contributed by atoms with van der Waals surface area (Å²) >= 11 is 0. The molecule has 1 atom stereocenters. The maximum Gasteiger partial charge on any atom is 0.0547 e. The molecule has 0 aliphatic heterocycles. The molecule has 0 aromatic carbocycles. The summed E-state index contributed by atoms with van der Waals surface area (Å²) in [6.45, 7) is 4.13. The predicted molar refractivity (Wildman–Crippen MR) is 70.7 cm³/mol. The lowest BCUT2D eigenvalue weighted by Crippen LogP contribution is -2.30. The van der Waals surface area contributed by atoms with Crippen LogP contribution in [0.25, 0.3) is 0 Å². The minimum absolute atomic E-state index is 0.685. The van der Waals surface area contributed by atoms with E-state index >= 15 is 0 Å². The van der Waals surface area contributed by atoms with Gasteiger partial charge in [0.15, 0.2) is 0 Å². The summed E-state index contributed by atoms with van der Waals surface area (Å²) in [6, 6.07) is 6.98. The number of nitrogens with zero attached hydrogens (tertiary/aromatic N) is 2. The molecule has 2 rings (SSSR count). The quantitative estimate of drug-likeness (QED) is 0.815. The topological polar surface area (TPSA) is 28.2 Å². The average molecular weight is 233 g/mol. The summed E-state index contributed by atoms with van der Waals surface area (Å²) in [5.41, 5.74) is 2.30. The van der Waals surface area contributed by atoms with Gasteiger partial charge in [0.1, 0.15) is 0 Å². The Hall–Kier alpha value is -0.930. The van der Waals surface area contributed by atoms with Crippen molar-refractivity contribution in [2.45, 2.75) is 38.9 Å². The molecule has 1 saturated carbocycles. The van der Waals surface area contributed by atoms with Crippen LogP contribution in [-0.2, 0) is 13.1 Å². The van der Waals surface area contributed by atoms with Crippen LogP contribution in [0.1, 0.15) is 31.2 Å². The summed E-state index contributed by atoms with van der Waals surface area (Å²) in [6.07, 6.45) is 2.80. The van der Waals surface area contributed by atoms with Gasteiger partial charge in [-0.2, -0.15) is 0 Å². The normalized spacial score (nSPS) is 17.4. The van der Waals surface area contributed by atoms with Crippen molar-refractivity contribution in [2.75, 3.05) is 14.1 Å². The molecular formula is C14H23N3. The van der Waals surface area contributed by atoms with Crippen LogP contribution in [0.4, 0.5) is 0 Å². The Labute approximate surface area is 104 Å². The van der Waals surface area contributed by atoms with E-state index in [0.717, 1.165) is 24.7 Å². The Bertz CT molecular complexity index is 360. The van der Waals surface area contributed by atoms with Crippen molar-refractivity contribution in [2.24, 2.45) is 5.92 Å². The van der Waals surface area contributed by atoms with Crippen molar-refractivity contribution in [1.82, 2.24) is 15.2 Å². The van der Waals surface area contributed by atoms with Crippen molar-refractivity contribution in [1.29, 1.82) is 0 Å². The third-order valence-corrected chi connectivity index (χ3v) is 3.63. The van der Waals surface area contributed by atoms with E-state index in [1.54, 1.807) is 0 Å². The third-order valence-electron chi connectivity index (χ3n) is 3.63. The van der Waals surface area contributed by atoms with Crippen molar-refractivity contribution >= 4 is 0 Å². The van der Waals surface area contributed by atoms with Crippen LogP contribution in [0.5, 0.6) is 0 Å². The zero-order valence-corrected chi connectivity index (χ0v) is 11.1. The monoisotopic (exact) mass is 233 g/mol. The molecule has 0 radical (unpaired) electrons. The van der Waals surface area contributed by atoms with Crippen molar-refractivity contribution in [3.63, 3.8) is 0 Å². The summed E-state index contributed by atoms with van der Waals surface area (Å²) in [5.74, 6) is 0.917. The van der Waals surface area contributed by atoms with Crippen LogP contribution < -0.4 is 5.32 Å². The zero-order chi connectivity index (χ0) is 12.3. The van der Waals surface area contributed by atoms with Gasteiger partial charge in [0.05, 0.1) is 11.4 Å².